The molecule has 3 unspecified atom stereocenters. The van der Waals surface area contributed by atoms with E-state index in [4.69, 9.17) is 4.74 Å². The van der Waals surface area contributed by atoms with Gasteiger partial charge in [-0.3, -0.25) is 0 Å². The Morgan fingerprint density at radius 2 is 2.33 bits per heavy atom. The zero-order valence-corrected chi connectivity index (χ0v) is 13.2. The minimum atomic E-state index is -0.118. The molecule has 1 aromatic heterocycles. The van der Waals surface area contributed by atoms with Crippen LogP contribution in [0.15, 0.2) is 18.3 Å². The number of hydrogen-bond acceptors (Lipinski definition) is 5. The molecule has 118 valence electrons. The summed E-state index contributed by atoms with van der Waals surface area (Å²) < 4.78 is 5.57. The number of hydrogen-bond donors (Lipinski definition) is 2. The van der Waals surface area contributed by atoms with Gasteiger partial charge in [-0.25, -0.2) is 4.98 Å². The predicted octanol–water partition coefficient (Wildman–Crippen LogP) is 1.73. The molecule has 1 aliphatic rings. The number of aromatic nitrogens is 1. The molecular weight excluding hydrogens is 266 g/mol. The molecule has 0 saturated carbocycles. The molecule has 1 fully saturated rings. The Bertz CT molecular complexity index is 424. The second kappa shape index (κ2) is 7.73. The van der Waals surface area contributed by atoms with Gasteiger partial charge in [-0.15, -0.1) is 0 Å². The van der Waals surface area contributed by atoms with Crippen LogP contribution in [0, 0.1) is 0 Å². The highest BCUT2D eigenvalue weighted by Crippen LogP contribution is 2.21. The van der Waals surface area contributed by atoms with E-state index < -0.39 is 0 Å². The lowest BCUT2D eigenvalue weighted by Gasteiger charge is -2.38. The number of rotatable bonds is 6. The lowest BCUT2D eigenvalue weighted by Crippen LogP contribution is -2.49. The fourth-order valence-corrected chi connectivity index (χ4v) is 2.55. The van der Waals surface area contributed by atoms with E-state index >= 15 is 0 Å². The second-order valence-corrected chi connectivity index (χ2v) is 5.76. The summed E-state index contributed by atoms with van der Waals surface area (Å²) in [6, 6.07) is 4.79. The Labute approximate surface area is 127 Å². The van der Waals surface area contributed by atoms with Crippen LogP contribution < -0.4 is 10.2 Å². The number of morpholine rings is 1. The Hall–Kier alpha value is -1.17. The number of nitrogens with one attached hydrogen (secondary N) is 1. The van der Waals surface area contributed by atoms with Crippen molar-refractivity contribution in [2.75, 3.05) is 31.2 Å². The van der Waals surface area contributed by atoms with Gasteiger partial charge in [0.15, 0.2) is 0 Å². The first kappa shape index (κ1) is 16.2. The van der Waals surface area contributed by atoms with Crippen molar-refractivity contribution in [2.45, 2.75) is 45.4 Å². The highest BCUT2D eigenvalue weighted by molar-refractivity contribution is 5.41. The maximum atomic E-state index is 9.26. The molecule has 21 heavy (non-hydrogen) atoms. The minimum Gasteiger partial charge on any atom is -0.394 e. The van der Waals surface area contributed by atoms with Crippen molar-refractivity contribution in [2.24, 2.45) is 0 Å². The SMILES string of the molecule is CCCNC(C)c1ccc(N2CC(CO)OCC2C)nc1. The van der Waals surface area contributed by atoms with Crippen molar-refractivity contribution in [3.05, 3.63) is 23.9 Å². The normalized spacial score (nSPS) is 24.1. The highest BCUT2D eigenvalue weighted by Gasteiger charge is 2.26. The molecule has 0 bridgehead atoms. The average molecular weight is 293 g/mol. The van der Waals surface area contributed by atoms with Crippen LogP contribution in [0.25, 0.3) is 0 Å². The van der Waals surface area contributed by atoms with Crippen molar-refractivity contribution in [1.29, 1.82) is 0 Å². The van der Waals surface area contributed by atoms with Crippen LogP contribution in [-0.4, -0.2) is 48.5 Å². The van der Waals surface area contributed by atoms with Gasteiger partial charge in [0.2, 0.25) is 0 Å². The van der Waals surface area contributed by atoms with Gasteiger partial charge in [0.05, 0.1) is 25.4 Å². The summed E-state index contributed by atoms with van der Waals surface area (Å²) in [6.07, 6.45) is 2.95. The predicted molar refractivity (Wildman–Crippen MR) is 84.6 cm³/mol. The molecule has 2 heterocycles. The minimum absolute atomic E-state index is 0.0548. The summed E-state index contributed by atoms with van der Waals surface area (Å²) in [5, 5.41) is 12.7. The van der Waals surface area contributed by atoms with E-state index in [0.717, 1.165) is 18.8 Å². The number of anilines is 1. The molecule has 2 rings (SSSR count). The standard InChI is InChI=1S/C16H27N3O2/c1-4-7-17-13(3)14-5-6-16(18-8-14)19-9-15(10-20)21-11-12(19)2/h5-6,8,12-13,15,17,20H,4,7,9-11H2,1-3H3. The van der Waals surface area contributed by atoms with Gasteiger partial charge in [-0.1, -0.05) is 13.0 Å². The maximum Gasteiger partial charge on any atom is 0.128 e. The zero-order chi connectivity index (χ0) is 15.2. The summed E-state index contributed by atoms with van der Waals surface area (Å²) in [6.45, 7) is 8.83. The molecule has 0 amide bonds. The third kappa shape index (κ3) is 4.15. The number of nitrogens with zero attached hydrogens (tertiary/aromatic N) is 2. The van der Waals surface area contributed by atoms with E-state index in [9.17, 15) is 5.11 Å². The van der Waals surface area contributed by atoms with E-state index in [0.29, 0.717) is 19.2 Å². The van der Waals surface area contributed by atoms with Crippen LogP contribution in [0.2, 0.25) is 0 Å². The van der Waals surface area contributed by atoms with Gasteiger partial charge in [0.1, 0.15) is 5.82 Å². The monoisotopic (exact) mass is 293 g/mol. The van der Waals surface area contributed by atoms with Crippen molar-refractivity contribution in [1.82, 2.24) is 10.3 Å². The Balaban J connectivity index is 2.03. The Morgan fingerprint density at radius 1 is 1.52 bits per heavy atom. The van der Waals surface area contributed by atoms with E-state index in [2.05, 4.69) is 48.1 Å². The fraction of sp³-hybridized carbons (Fsp3) is 0.688. The quantitative estimate of drug-likeness (QED) is 0.836. The van der Waals surface area contributed by atoms with Gasteiger partial charge in [0.25, 0.3) is 0 Å². The molecule has 0 radical (unpaired) electrons. The number of pyridine rings is 1. The van der Waals surface area contributed by atoms with Gasteiger partial charge >= 0.3 is 0 Å². The van der Waals surface area contributed by atoms with Gasteiger partial charge < -0.3 is 20.1 Å². The smallest absolute Gasteiger partial charge is 0.128 e. The Morgan fingerprint density at radius 3 is 2.95 bits per heavy atom. The average Bonchev–Trinajstić information content (AvgIpc) is 2.53. The summed E-state index contributed by atoms with van der Waals surface area (Å²) >= 11 is 0. The van der Waals surface area contributed by atoms with E-state index in [1.54, 1.807) is 0 Å². The van der Waals surface area contributed by atoms with Crippen LogP contribution in [0.1, 0.15) is 38.8 Å². The first-order valence-corrected chi connectivity index (χ1v) is 7.84. The molecule has 0 aliphatic carbocycles. The largest absolute Gasteiger partial charge is 0.394 e. The van der Waals surface area contributed by atoms with Crippen molar-refractivity contribution in [3.63, 3.8) is 0 Å². The van der Waals surface area contributed by atoms with E-state index in [1.807, 2.05) is 6.20 Å². The summed E-state index contributed by atoms with van der Waals surface area (Å²) in [5.41, 5.74) is 1.20. The van der Waals surface area contributed by atoms with Crippen LogP contribution >= 0.6 is 0 Å². The maximum absolute atomic E-state index is 9.26. The summed E-state index contributed by atoms with van der Waals surface area (Å²) in [5.74, 6) is 0.954. The summed E-state index contributed by atoms with van der Waals surface area (Å²) in [7, 11) is 0. The number of aliphatic hydroxyl groups is 1. The molecule has 1 aromatic rings. The molecular formula is C16H27N3O2. The lowest BCUT2D eigenvalue weighted by molar-refractivity contribution is -0.0105. The highest BCUT2D eigenvalue weighted by atomic mass is 16.5. The topological polar surface area (TPSA) is 57.6 Å². The molecule has 1 aliphatic heterocycles. The third-order valence-electron chi connectivity index (χ3n) is 3.97. The molecule has 3 atom stereocenters. The lowest BCUT2D eigenvalue weighted by atomic mass is 10.1. The van der Waals surface area contributed by atoms with Gasteiger partial charge in [-0.05, 0) is 38.4 Å². The van der Waals surface area contributed by atoms with E-state index in [-0.39, 0.29) is 18.8 Å². The van der Waals surface area contributed by atoms with Crippen LogP contribution in [0.5, 0.6) is 0 Å². The van der Waals surface area contributed by atoms with Gasteiger partial charge in [-0.2, -0.15) is 0 Å². The second-order valence-electron chi connectivity index (χ2n) is 5.76. The molecule has 2 N–H and O–H groups in total. The fourth-order valence-electron chi connectivity index (χ4n) is 2.55. The first-order valence-electron chi connectivity index (χ1n) is 7.84. The van der Waals surface area contributed by atoms with Crippen LogP contribution in [0.4, 0.5) is 5.82 Å². The van der Waals surface area contributed by atoms with Crippen LogP contribution in [-0.2, 0) is 4.74 Å². The first-order chi connectivity index (χ1) is 10.2. The molecule has 0 aromatic carbocycles. The van der Waals surface area contributed by atoms with Gasteiger partial charge in [0, 0.05) is 18.8 Å². The zero-order valence-electron chi connectivity index (χ0n) is 13.2. The van der Waals surface area contributed by atoms with Crippen molar-refractivity contribution >= 4 is 5.82 Å². The molecule has 5 nitrogen and oxygen atoms in total. The number of aliphatic hydroxyl groups excluding tert-OH is 1. The summed E-state index contributed by atoms with van der Waals surface area (Å²) in [4.78, 5) is 6.81. The van der Waals surface area contributed by atoms with Crippen LogP contribution in [0.3, 0.4) is 0 Å². The molecule has 5 heteroatoms. The molecule has 0 spiro atoms. The van der Waals surface area contributed by atoms with Crippen molar-refractivity contribution in [3.8, 4) is 0 Å². The molecule has 1 saturated heterocycles. The van der Waals surface area contributed by atoms with Crippen molar-refractivity contribution < 1.29 is 9.84 Å². The Kier molecular flexibility index (Phi) is 5.96. The third-order valence-corrected chi connectivity index (χ3v) is 3.97. The van der Waals surface area contributed by atoms with E-state index in [1.165, 1.54) is 5.56 Å². The number of ether oxygens (including phenoxy) is 1.